The van der Waals surface area contributed by atoms with Gasteiger partial charge in [0.15, 0.2) is 17.4 Å². The minimum absolute atomic E-state index is 0.0433. The van der Waals surface area contributed by atoms with Gasteiger partial charge in [0, 0.05) is 0 Å². The second kappa shape index (κ2) is 17.6. The number of sulfonamides is 2. The number of benzene rings is 2. The van der Waals surface area contributed by atoms with Crippen molar-refractivity contribution in [3.63, 3.8) is 0 Å². The Morgan fingerprint density at radius 2 is 1.68 bits per heavy atom. The first-order valence-electron chi connectivity index (χ1n) is 17.3. The van der Waals surface area contributed by atoms with Crippen LogP contribution in [0.1, 0.15) is 108 Å². The quantitative estimate of drug-likeness (QED) is 0.0852. The van der Waals surface area contributed by atoms with Gasteiger partial charge in [0.25, 0.3) is 20.0 Å². The Hall–Kier alpha value is -4.24. The summed E-state index contributed by atoms with van der Waals surface area (Å²) in [7, 11) is -8.72. The number of esters is 1. The van der Waals surface area contributed by atoms with E-state index in [-0.39, 0.29) is 57.2 Å². The van der Waals surface area contributed by atoms with Gasteiger partial charge in [-0.05, 0) is 69.4 Å². The standard InChI is InChI=1S/C35H48N6O7S2/c1-6-10-12-13-14-15-18-26-21-22-31(29(24-26)48-23-11-7-2)50(45,46)39-33-30(8-3)49(43,44)40-34-32(25(5)38-41(33)34)37-36-28-20-17-16-19-27(28)35(42)47-9-4/h16-17,19-22,24,38-39H,6-15,18,23H2,1-5H3/b37-36+. The van der Waals surface area contributed by atoms with Gasteiger partial charge in [-0.1, -0.05) is 77.5 Å². The molecule has 50 heavy (non-hydrogen) atoms. The number of unbranched alkanes of at least 4 members (excludes halogenated alkanes) is 6. The first-order valence-corrected chi connectivity index (χ1v) is 20.2. The molecule has 0 spiro atoms. The van der Waals surface area contributed by atoms with E-state index in [0.717, 1.165) is 44.1 Å². The SMILES string of the molecule is CCCCCCCCc1ccc(S(=O)(=O)NC2=C(CC)S(=O)(=O)N=C3C(/N=N/c4ccccc4C(=O)OCC)=C(C)NN32)c(OCCCC)c1. The van der Waals surface area contributed by atoms with Gasteiger partial charge in [0.05, 0.1) is 24.5 Å². The lowest BCUT2D eigenvalue weighted by Crippen LogP contribution is -2.46. The van der Waals surface area contributed by atoms with Crippen molar-refractivity contribution >= 4 is 37.5 Å². The summed E-state index contributed by atoms with van der Waals surface area (Å²) >= 11 is 0. The van der Waals surface area contributed by atoms with Crippen molar-refractivity contribution < 1.29 is 31.1 Å². The fourth-order valence-corrected chi connectivity index (χ4v) is 8.02. The van der Waals surface area contributed by atoms with Crippen LogP contribution in [0.5, 0.6) is 5.75 Å². The van der Waals surface area contributed by atoms with E-state index < -0.39 is 26.0 Å². The lowest BCUT2D eigenvalue weighted by atomic mass is 10.0. The minimum Gasteiger partial charge on any atom is -0.492 e. The maximum Gasteiger partial charge on any atom is 0.340 e. The molecule has 13 nitrogen and oxygen atoms in total. The Labute approximate surface area is 296 Å². The first kappa shape index (κ1) is 38.6. The number of azo groups is 1. The average Bonchev–Trinajstić information content (AvgIpc) is 3.39. The summed E-state index contributed by atoms with van der Waals surface area (Å²) in [5, 5.41) is 9.71. The Morgan fingerprint density at radius 1 is 0.960 bits per heavy atom. The lowest BCUT2D eigenvalue weighted by molar-refractivity contribution is 0.0527. The monoisotopic (exact) mass is 728 g/mol. The number of hydrogen-bond donors (Lipinski definition) is 2. The second-order valence-electron chi connectivity index (χ2n) is 12.0. The third kappa shape index (κ3) is 9.30. The molecule has 0 aromatic heterocycles. The number of carbonyl (C=O) groups excluding carboxylic acids is 1. The third-order valence-electron chi connectivity index (χ3n) is 8.15. The van der Waals surface area contributed by atoms with Gasteiger partial charge in [-0.3, -0.25) is 10.1 Å². The highest BCUT2D eigenvalue weighted by molar-refractivity contribution is 7.94. The maximum atomic E-state index is 14.1. The highest BCUT2D eigenvalue weighted by Gasteiger charge is 2.41. The Morgan fingerprint density at radius 3 is 2.40 bits per heavy atom. The first-order chi connectivity index (χ1) is 24.0. The predicted octanol–water partition coefficient (Wildman–Crippen LogP) is 7.38. The highest BCUT2D eigenvalue weighted by atomic mass is 32.2. The van der Waals surface area contributed by atoms with E-state index in [1.54, 1.807) is 57.2 Å². The van der Waals surface area contributed by atoms with Crippen LogP contribution in [-0.2, 0) is 31.2 Å². The number of hydrazine groups is 1. The molecule has 2 aliphatic heterocycles. The van der Waals surface area contributed by atoms with Crippen molar-refractivity contribution in [2.24, 2.45) is 14.6 Å². The summed E-state index contributed by atoms with van der Waals surface area (Å²) < 4.78 is 72.8. The molecule has 0 atom stereocenters. The molecular weight excluding hydrogens is 681 g/mol. The molecule has 2 N–H and O–H groups in total. The molecule has 2 aromatic rings. The number of hydrogen-bond acceptors (Lipinski definition) is 11. The van der Waals surface area contributed by atoms with Gasteiger partial charge < -0.3 is 9.47 Å². The van der Waals surface area contributed by atoms with Crippen LogP contribution in [0.15, 0.2) is 84.1 Å². The zero-order valence-electron chi connectivity index (χ0n) is 29.5. The highest BCUT2D eigenvalue weighted by Crippen LogP contribution is 2.34. The fraction of sp³-hybridized carbons (Fsp3) is 0.486. The molecule has 15 heteroatoms. The van der Waals surface area contributed by atoms with Gasteiger partial charge in [-0.2, -0.15) is 8.42 Å². The summed E-state index contributed by atoms with van der Waals surface area (Å²) in [6.07, 6.45) is 9.20. The van der Waals surface area contributed by atoms with Crippen LogP contribution in [0.2, 0.25) is 0 Å². The van der Waals surface area contributed by atoms with E-state index in [1.165, 1.54) is 30.3 Å². The fourth-order valence-electron chi connectivity index (χ4n) is 5.49. The molecule has 0 unspecified atom stereocenters. The molecule has 4 rings (SSSR count). The molecule has 2 aromatic carbocycles. The van der Waals surface area contributed by atoms with Gasteiger partial charge in [0.2, 0.25) is 0 Å². The van der Waals surface area contributed by atoms with E-state index in [2.05, 4.69) is 31.7 Å². The lowest BCUT2D eigenvalue weighted by Gasteiger charge is -2.29. The number of nitrogens with one attached hydrogen (secondary N) is 2. The molecule has 0 bridgehead atoms. The normalized spacial score (nSPS) is 15.6. The van der Waals surface area contributed by atoms with Crippen molar-refractivity contribution in [3.05, 3.63) is 75.7 Å². The summed E-state index contributed by atoms with van der Waals surface area (Å²) in [4.78, 5) is 12.1. The smallest absolute Gasteiger partial charge is 0.340 e. The van der Waals surface area contributed by atoms with E-state index in [0.29, 0.717) is 12.3 Å². The largest absolute Gasteiger partial charge is 0.492 e. The third-order valence-corrected chi connectivity index (χ3v) is 11.0. The van der Waals surface area contributed by atoms with E-state index in [4.69, 9.17) is 9.47 Å². The molecule has 0 saturated heterocycles. The number of ether oxygens (including phenoxy) is 2. The molecule has 0 fully saturated rings. The van der Waals surface area contributed by atoms with Gasteiger partial charge >= 0.3 is 5.97 Å². The average molecular weight is 729 g/mol. The van der Waals surface area contributed by atoms with Crippen molar-refractivity contribution in [2.45, 2.75) is 104 Å². The summed E-state index contributed by atoms with van der Waals surface area (Å²) in [6.45, 7) is 9.61. The number of allylic oxidation sites excluding steroid dienone is 2. The number of fused-ring (bicyclic) bond motifs is 1. The van der Waals surface area contributed by atoms with Crippen LogP contribution >= 0.6 is 0 Å². The number of nitrogens with zero attached hydrogens (tertiary/aromatic N) is 4. The molecular formula is C35H48N6O7S2. The van der Waals surface area contributed by atoms with Crippen molar-refractivity contribution in [2.75, 3.05) is 13.2 Å². The number of amidine groups is 1. The summed E-state index contributed by atoms with van der Waals surface area (Å²) in [5.41, 5.74) is 4.73. The number of aryl methyl sites for hydroxylation is 1. The van der Waals surface area contributed by atoms with E-state index in [1.807, 2.05) is 6.92 Å². The van der Waals surface area contributed by atoms with Crippen molar-refractivity contribution in [1.29, 1.82) is 0 Å². The number of carbonyl (C=O) groups is 1. The second-order valence-corrected chi connectivity index (χ2v) is 15.3. The van der Waals surface area contributed by atoms with Gasteiger partial charge in [0.1, 0.15) is 21.2 Å². The molecule has 0 aliphatic carbocycles. The van der Waals surface area contributed by atoms with Crippen LogP contribution in [0.4, 0.5) is 5.69 Å². The van der Waals surface area contributed by atoms with Gasteiger partial charge in [-0.15, -0.1) is 14.6 Å². The molecule has 272 valence electrons. The van der Waals surface area contributed by atoms with E-state index in [9.17, 15) is 21.6 Å². The molecule has 0 radical (unpaired) electrons. The Kier molecular flexibility index (Phi) is 13.6. The minimum atomic E-state index is -4.38. The molecule has 0 saturated carbocycles. The van der Waals surface area contributed by atoms with Crippen LogP contribution < -0.4 is 14.9 Å². The molecule has 2 aliphatic rings. The molecule has 0 amide bonds. The zero-order valence-corrected chi connectivity index (χ0v) is 31.1. The van der Waals surface area contributed by atoms with Crippen LogP contribution in [0.25, 0.3) is 0 Å². The van der Waals surface area contributed by atoms with Crippen LogP contribution in [0.3, 0.4) is 0 Å². The zero-order chi connectivity index (χ0) is 36.3. The topological polar surface area (TPSA) is 168 Å². The van der Waals surface area contributed by atoms with Gasteiger partial charge in [-0.25, -0.2) is 18.2 Å². The van der Waals surface area contributed by atoms with Crippen molar-refractivity contribution in [3.8, 4) is 5.75 Å². The number of rotatable bonds is 19. The van der Waals surface area contributed by atoms with Crippen molar-refractivity contribution in [1.82, 2.24) is 15.2 Å². The van der Waals surface area contributed by atoms with E-state index >= 15 is 0 Å². The summed E-state index contributed by atoms with van der Waals surface area (Å²) in [5.74, 6) is -0.788. The Bertz CT molecular complexity index is 1890. The molecule has 2 heterocycles. The van der Waals surface area contributed by atoms with Crippen LogP contribution in [0, 0.1) is 0 Å². The summed E-state index contributed by atoms with van der Waals surface area (Å²) in [6, 6.07) is 11.5. The maximum absolute atomic E-state index is 14.1. The van der Waals surface area contributed by atoms with Crippen LogP contribution in [-0.4, -0.2) is 46.9 Å². The predicted molar refractivity (Wildman–Crippen MR) is 193 cm³/mol. The Balaban J connectivity index is 1.64.